The van der Waals surface area contributed by atoms with Crippen LogP contribution in [-0.2, 0) is 14.8 Å². The van der Waals surface area contributed by atoms with E-state index < -0.39 is 21.1 Å². The van der Waals surface area contributed by atoms with Gasteiger partial charge in [0.15, 0.2) is 0 Å². The zero-order chi connectivity index (χ0) is 19.9. The molecular weight excluding hydrogens is 384 g/mol. The van der Waals surface area contributed by atoms with E-state index in [4.69, 9.17) is 4.74 Å². The monoisotopic (exact) mass is 402 g/mol. The second kappa shape index (κ2) is 6.97. The summed E-state index contributed by atoms with van der Waals surface area (Å²) in [4.78, 5) is 10.3. The van der Waals surface area contributed by atoms with Gasteiger partial charge in [-0.15, -0.1) is 0 Å². The Hall–Kier alpha value is -2.82. The molecule has 10 heteroatoms. The van der Waals surface area contributed by atoms with Crippen molar-refractivity contribution in [1.29, 1.82) is 0 Å². The molecule has 0 bridgehead atoms. The lowest BCUT2D eigenvalue weighted by Crippen LogP contribution is -2.45. The van der Waals surface area contributed by atoms with Gasteiger partial charge in [0.1, 0.15) is 0 Å². The average Bonchev–Trinajstić information content (AvgIpc) is 3.15. The molecule has 1 fully saturated rings. The Morgan fingerprint density at radius 1 is 1.18 bits per heavy atom. The number of hydrogen-bond acceptors (Lipinski definition) is 6. The van der Waals surface area contributed by atoms with Crippen molar-refractivity contribution < 1.29 is 18.1 Å². The molecule has 0 radical (unpaired) electrons. The van der Waals surface area contributed by atoms with Gasteiger partial charge >= 0.3 is 0 Å². The molecule has 1 aromatic carbocycles. The van der Waals surface area contributed by atoms with Crippen LogP contribution in [0.25, 0.3) is 5.52 Å². The molecule has 0 spiro atoms. The van der Waals surface area contributed by atoms with Gasteiger partial charge in [0.05, 0.1) is 27.5 Å². The summed E-state index contributed by atoms with van der Waals surface area (Å²) >= 11 is 0. The highest BCUT2D eigenvalue weighted by atomic mass is 32.2. The van der Waals surface area contributed by atoms with Crippen LogP contribution in [0.4, 0.5) is 5.69 Å². The number of sulfonamides is 1. The van der Waals surface area contributed by atoms with Crippen molar-refractivity contribution in [3.05, 3.63) is 70.5 Å². The number of fused-ring (bicyclic) bond motifs is 1. The first-order valence-electron chi connectivity index (χ1n) is 8.68. The average molecular weight is 402 g/mol. The molecule has 2 atom stereocenters. The zero-order valence-corrected chi connectivity index (χ0v) is 15.8. The Balaban J connectivity index is 1.62. The summed E-state index contributed by atoms with van der Waals surface area (Å²) in [5, 5.41) is 15.0. The normalized spacial score (nSPS) is 21.0. The van der Waals surface area contributed by atoms with Crippen LogP contribution >= 0.6 is 0 Å². The van der Waals surface area contributed by atoms with Gasteiger partial charge in [-0.05, 0) is 42.8 Å². The maximum atomic E-state index is 13.0. The number of non-ortho nitro benzene ring substituents is 1. The maximum absolute atomic E-state index is 13.0. The van der Waals surface area contributed by atoms with Crippen molar-refractivity contribution in [3.63, 3.8) is 0 Å². The van der Waals surface area contributed by atoms with E-state index in [0.29, 0.717) is 0 Å². The van der Waals surface area contributed by atoms with Crippen molar-refractivity contribution in [3.8, 4) is 0 Å². The van der Waals surface area contributed by atoms with E-state index in [-0.39, 0.29) is 29.8 Å². The third-order valence-electron chi connectivity index (χ3n) is 4.71. The number of nitro benzene ring substituents is 1. The van der Waals surface area contributed by atoms with Crippen molar-refractivity contribution in [2.45, 2.75) is 24.0 Å². The maximum Gasteiger partial charge on any atom is 0.269 e. The highest BCUT2D eigenvalue weighted by Gasteiger charge is 2.34. The summed E-state index contributed by atoms with van der Waals surface area (Å²) in [6.45, 7) is 2.20. The van der Waals surface area contributed by atoms with Crippen LogP contribution in [0.1, 0.15) is 18.6 Å². The Kier molecular flexibility index (Phi) is 4.61. The molecule has 4 rings (SSSR count). The lowest BCUT2D eigenvalue weighted by atomic mass is 10.1. The summed E-state index contributed by atoms with van der Waals surface area (Å²) < 4.78 is 35.2. The second-order valence-electron chi connectivity index (χ2n) is 6.67. The first-order chi connectivity index (χ1) is 13.3. The molecule has 1 saturated heterocycles. The Morgan fingerprint density at radius 3 is 2.64 bits per heavy atom. The van der Waals surface area contributed by atoms with Crippen LogP contribution in [0.5, 0.6) is 0 Å². The van der Waals surface area contributed by atoms with Crippen LogP contribution in [0.15, 0.2) is 59.8 Å². The van der Waals surface area contributed by atoms with Crippen LogP contribution in [0, 0.1) is 10.1 Å². The Labute approximate surface area is 161 Å². The summed E-state index contributed by atoms with van der Waals surface area (Å²) in [7, 11) is -3.80. The largest absolute Gasteiger partial charge is 0.368 e. The zero-order valence-electron chi connectivity index (χ0n) is 15.0. The summed E-state index contributed by atoms with van der Waals surface area (Å²) in [6, 6.07) is 10.6. The Morgan fingerprint density at radius 2 is 1.93 bits per heavy atom. The standard InChI is InChI=1S/C18H18N4O5S/c1-13-11-20(28(25,26)17-4-2-15(3-5-17)22(23)24)12-18(27-13)14-7-9-21-16(10-14)6-8-19-21/h2-10,13,18H,11-12H2,1H3/t13-,18-/m1/s1. The molecule has 1 aliphatic heterocycles. The molecule has 3 heterocycles. The first kappa shape index (κ1) is 18.5. The predicted molar refractivity (Wildman–Crippen MR) is 100 cm³/mol. The van der Waals surface area contributed by atoms with Crippen molar-refractivity contribution in [1.82, 2.24) is 13.9 Å². The molecular formula is C18H18N4O5S. The van der Waals surface area contributed by atoms with E-state index in [1.165, 1.54) is 28.6 Å². The first-order valence-corrected chi connectivity index (χ1v) is 10.1. The number of pyridine rings is 1. The van der Waals surface area contributed by atoms with E-state index >= 15 is 0 Å². The SMILES string of the molecule is C[C@@H]1CN(S(=O)(=O)c2ccc([N+](=O)[O-])cc2)C[C@H](c2ccn3nccc3c2)O1. The lowest BCUT2D eigenvalue weighted by molar-refractivity contribution is -0.384. The number of ether oxygens (including phenoxy) is 1. The molecule has 0 aliphatic carbocycles. The molecule has 146 valence electrons. The third kappa shape index (κ3) is 3.37. The molecule has 2 aromatic heterocycles. The van der Waals surface area contributed by atoms with Crippen molar-refractivity contribution >= 4 is 21.2 Å². The fourth-order valence-corrected chi connectivity index (χ4v) is 4.84. The van der Waals surface area contributed by atoms with Crippen LogP contribution in [-0.4, -0.2) is 46.5 Å². The fraction of sp³-hybridized carbons (Fsp3) is 0.278. The van der Waals surface area contributed by atoms with Gasteiger partial charge in [0, 0.05) is 37.6 Å². The minimum absolute atomic E-state index is 0.0252. The molecule has 0 saturated carbocycles. The summed E-state index contributed by atoms with van der Waals surface area (Å²) in [5.74, 6) is 0. The topological polar surface area (TPSA) is 107 Å². The number of nitro groups is 1. The number of rotatable bonds is 4. The van der Waals surface area contributed by atoms with E-state index in [2.05, 4.69) is 5.10 Å². The van der Waals surface area contributed by atoms with Crippen LogP contribution in [0.3, 0.4) is 0 Å². The van der Waals surface area contributed by atoms with Gasteiger partial charge in [-0.3, -0.25) is 10.1 Å². The molecule has 1 aliphatic rings. The molecule has 9 nitrogen and oxygen atoms in total. The summed E-state index contributed by atoms with van der Waals surface area (Å²) in [6.07, 6.45) is 2.78. The number of hydrogen-bond donors (Lipinski definition) is 0. The van der Waals surface area contributed by atoms with Gasteiger partial charge in [-0.1, -0.05) is 0 Å². The van der Waals surface area contributed by atoms with Gasteiger partial charge in [0.2, 0.25) is 10.0 Å². The van der Waals surface area contributed by atoms with Gasteiger partial charge < -0.3 is 4.74 Å². The smallest absolute Gasteiger partial charge is 0.269 e. The van der Waals surface area contributed by atoms with Crippen LogP contribution < -0.4 is 0 Å². The van der Waals surface area contributed by atoms with Gasteiger partial charge in [-0.25, -0.2) is 12.9 Å². The fourth-order valence-electron chi connectivity index (χ4n) is 3.32. The number of aromatic nitrogens is 2. The quantitative estimate of drug-likeness (QED) is 0.490. The number of morpholine rings is 1. The highest BCUT2D eigenvalue weighted by Crippen LogP contribution is 2.30. The molecule has 0 unspecified atom stereocenters. The predicted octanol–water partition coefficient (Wildman–Crippen LogP) is 2.39. The molecule has 0 N–H and O–H groups in total. The minimum Gasteiger partial charge on any atom is -0.368 e. The molecule has 0 amide bonds. The Bertz CT molecular complexity index is 1130. The van der Waals surface area contributed by atoms with Gasteiger partial charge in [0.25, 0.3) is 5.69 Å². The van der Waals surface area contributed by atoms with Crippen LogP contribution in [0.2, 0.25) is 0 Å². The molecule has 28 heavy (non-hydrogen) atoms. The van der Waals surface area contributed by atoms with E-state index in [1.807, 2.05) is 31.3 Å². The van der Waals surface area contributed by atoms with E-state index in [1.54, 1.807) is 10.7 Å². The second-order valence-corrected chi connectivity index (χ2v) is 8.61. The summed E-state index contributed by atoms with van der Waals surface area (Å²) in [5.41, 5.74) is 1.61. The van der Waals surface area contributed by atoms with Crippen molar-refractivity contribution in [2.24, 2.45) is 0 Å². The highest BCUT2D eigenvalue weighted by molar-refractivity contribution is 7.89. The van der Waals surface area contributed by atoms with E-state index in [0.717, 1.165) is 11.1 Å². The minimum atomic E-state index is -3.80. The molecule has 3 aromatic rings. The third-order valence-corrected chi connectivity index (χ3v) is 6.55. The van der Waals surface area contributed by atoms with E-state index in [9.17, 15) is 18.5 Å². The number of benzene rings is 1. The van der Waals surface area contributed by atoms with Crippen molar-refractivity contribution in [2.75, 3.05) is 13.1 Å². The van der Waals surface area contributed by atoms with Gasteiger partial charge in [-0.2, -0.15) is 9.40 Å². The lowest BCUT2D eigenvalue weighted by Gasteiger charge is -2.36. The number of nitrogens with zero attached hydrogens (tertiary/aromatic N) is 4.